The van der Waals surface area contributed by atoms with E-state index in [1.165, 1.54) is 25.4 Å². The number of Topliss-reactive ketones (excluding diaryl/α,β-unsaturated/α-hetero) is 1. The molecule has 0 unspecified atom stereocenters. The highest BCUT2D eigenvalue weighted by molar-refractivity contribution is 7.89. The molecule has 1 aliphatic rings. The Morgan fingerprint density at radius 3 is 2.44 bits per heavy atom. The van der Waals surface area contributed by atoms with Crippen LogP contribution in [0.3, 0.4) is 0 Å². The van der Waals surface area contributed by atoms with Crippen LogP contribution in [0.25, 0.3) is 0 Å². The molecular formula is C12H14N2O3S. The lowest BCUT2D eigenvalue weighted by atomic mass is 10.1. The van der Waals surface area contributed by atoms with Gasteiger partial charge in [-0.2, -0.15) is 0 Å². The van der Waals surface area contributed by atoms with Gasteiger partial charge in [-0.05, 0) is 12.1 Å². The topological polar surface area (TPSA) is 57.7 Å². The third kappa shape index (κ3) is 1.78. The minimum Gasteiger partial charge on any atom is -0.382 e. The van der Waals surface area contributed by atoms with Gasteiger partial charge in [-0.25, -0.2) is 8.42 Å². The summed E-state index contributed by atoms with van der Waals surface area (Å²) in [5.74, 6) is -0.281. The SMILES string of the molecule is CN(C)/C=C1/C(=O)c2ccccc2S(=O)(=O)N1C. The molecule has 0 N–H and O–H groups in total. The maximum absolute atomic E-state index is 12.3. The Balaban J connectivity index is 2.73. The van der Waals surface area contributed by atoms with E-state index in [4.69, 9.17) is 0 Å². The lowest BCUT2D eigenvalue weighted by molar-refractivity contribution is 0.100. The van der Waals surface area contributed by atoms with Gasteiger partial charge in [0.25, 0.3) is 10.0 Å². The van der Waals surface area contributed by atoms with Gasteiger partial charge in [0.15, 0.2) is 0 Å². The Labute approximate surface area is 106 Å². The Kier molecular flexibility index (Phi) is 2.90. The first-order chi connectivity index (χ1) is 8.35. The molecule has 0 saturated heterocycles. The number of rotatable bonds is 1. The second-order valence-corrected chi connectivity index (χ2v) is 6.21. The van der Waals surface area contributed by atoms with E-state index in [0.29, 0.717) is 0 Å². The van der Waals surface area contributed by atoms with Gasteiger partial charge in [-0.15, -0.1) is 0 Å². The Morgan fingerprint density at radius 2 is 1.83 bits per heavy atom. The number of hydrogen-bond donors (Lipinski definition) is 0. The zero-order valence-electron chi connectivity index (χ0n) is 10.4. The fourth-order valence-corrected chi connectivity index (χ4v) is 3.19. The Morgan fingerprint density at radius 1 is 1.22 bits per heavy atom. The van der Waals surface area contributed by atoms with E-state index >= 15 is 0 Å². The van der Waals surface area contributed by atoms with Crippen LogP contribution in [0, 0.1) is 0 Å². The third-order valence-electron chi connectivity index (χ3n) is 2.72. The lowest BCUT2D eigenvalue weighted by Gasteiger charge is -2.28. The number of hydrogen-bond acceptors (Lipinski definition) is 4. The lowest BCUT2D eigenvalue weighted by Crippen LogP contribution is -2.37. The monoisotopic (exact) mass is 266 g/mol. The number of carbonyl (C=O) groups excluding carboxylic acids is 1. The van der Waals surface area contributed by atoms with Crippen molar-refractivity contribution in [3.63, 3.8) is 0 Å². The highest BCUT2D eigenvalue weighted by Gasteiger charge is 2.36. The van der Waals surface area contributed by atoms with E-state index in [-0.39, 0.29) is 21.9 Å². The summed E-state index contributed by atoms with van der Waals surface area (Å²) < 4.78 is 25.5. The normalized spacial score (nSPS) is 19.8. The predicted molar refractivity (Wildman–Crippen MR) is 67.5 cm³/mol. The second kappa shape index (κ2) is 4.13. The molecule has 0 fully saturated rings. The van der Waals surface area contributed by atoms with Gasteiger partial charge in [0.05, 0.1) is 4.90 Å². The summed E-state index contributed by atoms with van der Waals surface area (Å²) in [6.45, 7) is 0. The van der Waals surface area contributed by atoms with Gasteiger partial charge >= 0.3 is 0 Å². The molecule has 1 heterocycles. The van der Waals surface area contributed by atoms with Gasteiger partial charge in [-0.1, -0.05) is 12.1 Å². The molecule has 5 nitrogen and oxygen atoms in total. The van der Waals surface area contributed by atoms with E-state index in [1.54, 1.807) is 31.1 Å². The summed E-state index contributed by atoms with van der Waals surface area (Å²) in [5, 5.41) is 0. The van der Waals surface area contributed by atoms with Crippen LogP contribution in [0.2, 0.25) is 0 Å². The molecule has 0 aromatic heterocycles. The van der Waals surface area contributed by atoms with Crippen molar-refractivity contribution in [2.45, 2.75) is 4.90 Å². The van der Waals surface area contributed by atoms with Gasteiger partial charge in [0.2, 0.25) is 5.78 Å². The summed E-state index contributed by atoms with van der Waals surface area (Å²) in [6.07, 6.45) is 1.51. The molecule has 0 aliphatic carbocycles. The first-order valence-electron chi connectivity index (χ1n) is 5.36. The molecule has 0 bridgehead atoms. The Hall–Kier alpha value is -1.82. The molecule has 0 radical (unpaired) electrons. The fourth-order valence-electron chi connectivity index (χ4n) is 1.82. The maximum Gasteiger partial charge on any atom is 0.264 e. The quantitative estimate of drug-likeness (QED) is 0.709. The smallest absolute Gasteiger partial charge is 0.264 e. The molecule has 2 rings (SSSR count). The van der Waals surface area contributed by atoms with Crippen molar-refractivity contribution in [2.24, 2.45) is 0 Å². The van der Waals surface area contributed by atoms with E-state index < -0.39 is 10.0 Å². The molecule has 18 heavy (non-hydrogen) atoms. The summed E-state index contributed by atoms with van der Waals surface area (Å²) in [7, 11) is 1.23. The van der Waals surface area contributed by atoms with Crippen molar-refractivity contribution in [3.8, 4) is 0 Å². The number of likely N-dealkylation sites (N-methyl/N-ethyl adjacent to an activating group) is 1. The molecule has 1 aromatic carbocycles. The summed E-state index contributed by atoms with van der Waals surface area (Å²) >= 11 is 0. The van der Waals surface area contributed by atoms with E-state index in [0.717, 1.165) is 4.31 Å². The number of ketones is 1. The number of sulfonamides is 1. The zero-order chi connectivity index (χ0) is 13.5. The molecule has 0 amide bonds. The van der Waals surface area contributed by atoms with Crippen molar-refractivity contribution in [2.75, 3.05) is 21.1 Å². The van der Waals surface area contributed by atoms with Crippen LogP contribution < -0.4 is 0 Å². The standard InChI is InChI=1S/C12H14N2O3S/c1-13(2)8-10-12(15)9-6-4-5-7-11(9)18(16,17)14(10)3/h4-8H,1-3H3/b10-8-. The summed E-state index contributed by atoms with van der Waals surface area (Å²) in [5.41, 5.74) is 0.377. The summed E-state index contributed by atoms with van der Waals surface area (Å²) in [6, 6.07) is 6.25. The van der Waals surface area contributed by atoms with Crippen molar-refractivity contribution >= 4 is 15.8 Å². The van der Waals surface area contributed by atoms with Crippen LogP contribution in [-0.2, 0) is 10.0 Å². The molecule has 0 spiro atoms. The van der Waals surface area contributed by atoms with Crippen LogP contribution >= 0.6 is 0 Å². The van der Waals surface area contributed by atoms with Crippen LogP contribution in [0.15, 0.2) is 41.1 Å². The number of carbonyl (C=O) groups is 1. The number of allylic oxidation sites excluding steroid dienone is 1. The second-order valence-electron chi connectivity index (χ2n) is 4.28. The van der Waals surface area contributed by atoms with Gasteiger partial charge in [-0.3, -0.25) is 9.10 Å². The van der Waals surface area contributed by atoms with Crippen LogP contribution in [0.1, 0.15) is 10.4 Å². The number of nitrogens with zero attached hydrogens (tertiary/aromatic N) is 2. The largest absolute Gasteiger partial charge is 0.382 e. The third-order valence-corrected chi connectivity index (χ3v) is 4.55. The Bertz CT molecular complexity index is 632. The first-order valence-corrected chi connectivity index (χ1v) is 6.80. The number of benzene rings is 1. The average molecular weight is 266 g/mol. The molecule has 6 heteroatoms. The highest BCUT2D eigenvalue weighted by Crippen LogP contribution is 2.30. The van der Waals surface area contributed by atoms with Crippen molar-refractivity contribution in [1.29, 1.82) is 0 Å². The molecule has 1 aliphatic heterocycles. The molecular weight excluding hydrogens is 252 g/mol. The zero-order valence-corrected chi connectivity index (χ0v) is 11.2. The van der Waals surface area contributed by atoms with Crippen LogP contribution in [0.4, 0.5) is 0 Å². The predicted octanol–water partition coefficient (Wildman–Crippen LogP) is 0.906. The molecule has 96 valence electrons. The van der Waals surface area contributed by atoms with Crippen molar-refractivity contribution < 1.29 is 13.2 Å². The van der Waals surface area contributed by atoms with Crippen molar-refractivity contribution in [3.05, 3.63) is 41.7 Å². The molecule has 0 atom stereocenters. The van der Waals surface area contributed by atoms with E-state index in [9.17, 15) is 13.2 Å². The molecule has 1 aromatic rings. The maximum atomic E-state index is 12.3. The van der Waals surface area contributed by atoms with Crippen LogP contribution in [0.5, 0.6) is 0 Å². The number of fused-ring (bicyclic) bond motifs is 1. The van der Waals surface area contributed by atoms with Crippen LogP contribution in [-0.4, -0.2) is 44.5 Å². The average Bonchev–Trinajstić information content (AvgIpc) is 2.32. The molecule has 0 saturated carbocycles. The van der Waals surface area contributed by atoms with Gasteiger partial charge in [0, 0.05) is 32.9 Å². The van der Waals surface area contributed by atoms with Gasteiger partial charge in [0.1, 0.15) is 5.70 Å². The van der Waals surface area contributed by atoms with E-state index in [2.05, 4.69) is 0 Å². The van der Waals surface area contributed by atoms with Gasteiger partial charge < -0.3 is 4.90 Å². The van der Waals surface area contributed by atoms with E-state index in [1.807, 2.05) is 0 Å². The fraction of sp³-hybridized carbons (Fsp3) is 0.250. The first kappa shape index (κ1) is 12.6. The minimum atomic E-state index is -3.63. The summed E-state index contributed by atoms with van der Waals surface area (Å²) in [4.78, 5) is 14.0. The minimum absolute atomic E-state index is 0.0633. The van der Waals surface area contributed by atoms with Crippen molar-refractivity contribution in [1.82, 2.24) is 9.21 Å². The highest BCUT2D eigenvalue weighted by atomic mass is 32.2.